The standard InChI is InChI=1S/C8H8N2O4S/c11-6(4-9-14)10(5-8(12)13)7-2-1-3-15-7/h1-4,14H,5H2,(H,12,13). The molecular formula is C8H8N2O4S. The van der Waals surface area contributed by atoms with Crippen molar-refractivity contribution >= 4 is 34.4 Å². The van der Waals surface area contributed by atoms with Crippen molar-refractivity contribution in [2.24, 2.45) is 5.16 Å². The highest BCUT2D eigenvalue weighted by molar-refractivity contribution is 7.14. The normalized spacial score (nSPS) is 10.4. The number of carboxylic acid groups (broad SMARTS) is 1. The summed E-state index contributed by atoms with van der Waals surface area (Å²) in [4.78, 5) is 22.9. The van der Waals surface area contributed by atoms with Crippen molar-refractivity contribution in [3.8, 4) is 0 Å². The van der Waals surface area contributed by atoms with E-state index >= 15 is 0 Å². The number of amides is 1. The molecular weight excluding hydrogens is 220 g/mol. The van der Waals surface area contributed by atoms with E-state index < -0.39 is 18.4 Å². The van der Waals surface area contributed by atoms with Crippen LogP contribution in [0.4, 0.5) is 5.00 Å². The van der Waals surface area contributed by atoms with Crippen LogP contribution in [0.5, 0.6) is 0 Å². The van der Waals surface area contributed by atoms with Gasteiger partial charge in [0.2, 0.25) is 0 Å². The maximum atomic E-state index is 11.3. The third kappa shape index (κ3) is 3.06. The number of carbonyl (C=O) groups is 2. The van der Waals surface area contributed by atoms with Crippen LogP contribution in [0, 0.1) is 0 Å². The van der Waals surface area contributed by atoms with Gasteiger partial charge in [-0.2, -0.15) is 0 Å². The second-order valence-corrected chi connectivity index (χ2v) is 3.44. The van der Waals surface area contributed by atoms with Gasteiger partial charge in [-0.25, -0.2) is 0 Å². The van der Waals surface area contributed by atoms with Gasteiger partial charge < -0.3 is 10.3 Å². The SMILES string of the molecule is O=C(O)CN(C(=O)C=NO)c1cccs1. The summed E-state index contributed by atoms with van der Waals surface area (Å²) >= 11 is 1.23. The Kier molecular flexibility index (Phi) is 3.81. The highest BCUT2D eigenvalue weighted by atomic mass is 32.1. The van der Waals surface area contributed by atoms with E-state index in [4.69, 9.17) is 10.3 Å². The molecule has 1 aromatic heterocycles. The fourth-order valence-electron chi connectivity index (χ4n) is 0.942. The smallest absolute Gasteiger partial charge is 0.323 e. The zero-order valence-electron chi connectivity index (χ0n) is 7.53. The van der Waals surface area contributed by atoms with Crippen LogP contribution in [-0.2, 0) is 9.59 Å². The Balaban J connectivity index is 2.88. The average molecular weight is 228 g/mol. The third-order valence-corrected chi connectivity index (χ3v) is 2.39. The van der Waals surface area contributed by atoms with Crippen molar-refractivity contribution in [2.45, 2.75) is 0 Å². The molecule has 0 aliphatic heterocycles. The lowest BCUT2D eigenvalue weighted by atomic mass is 10.4. The zero-order chi connectivity index (χ0) is 11.3. The highest BCUT2D eigenvalue weighted by Crippen LogP contribution is 2.20. The number of hydrogen-bond acceptors (Lipinski definition) is 5. The first-order chi connectivity index (χ1) is 7.15. The number of carboxylic acids is 1. The lowest BCUT2D eigenvalue weighted by Gasteiger charge is -2.15. The minimum Gasteiger partial charge on any atom is -0.480 e. The minimum atomic E-state index is -1.14. The van der Waals surface area contributed by atoms with E-state index in [-0.39, 0.29) is 0 Å². The first-order valence-electron chi connectivity index (χ1n) is 3.89. The van der Waals surface area contributed by atoms with Crippen molar-refractivity contribution in [3.63, 3.8) is 0 Å². The monoisotopic (exact) mass is 228 g/mol. The molecule has 0 bridgehead atoms. The number of carbonyl (C=O) groups excluding carboxylic acids is 1. The average Bonchev–Trinajstić information content (AvgIpc) is 2.66. The lowest BCUT2D eigenvalue weighted by Crippen LogP contribution is -2.35. The maximum absolute atomic E-state index is 11.3. The van der Waals surface area contributed by atoms with Gasteiger partial charge in [-0.15, -0.1) is 11.3 Å². The van der Waals surface area contributed by atoms with Crippen LogP contribution in [0.15, 0.2) is 22.7 Å². The number of aliphatic carboxylic acids is 1. The predicted molar refractivity (Wildman–Crippen MR) is 54.6 cm³/mol. The van der Waals surface area contributed by atoms with Gasteiger partial charge in [-0.1, -0.05) is 5.16 Å². The number of thiophene rings is 1. The van der Waals surface area contributed by atoms with E-state index in [0.29, 0.717) is 11.2 Å². The fraction of sp³-hybridized carbons (Fsp3) is 0.125. The van der Waals surface area contributed by atoms with Gasteiger partial charge in [0, 0.05) is 0 Å². The van der Waals surface area contributed by atoms with Crippen molar-refractivity contribution in [1.29, 1.82) is 0 Å². The molecule has 1 heterocycles. The van der Waals surface area contributed by atoms with E-state index in [1.54, 1.807) is 17.5 Å². The maximum Gasteiger partial charge on any atom is 0.323 e. The highest BCUT2D eigenvalue weighted by Gasteiger charge is 2.17. The zero-order valence-corrected chi connectivity index (χ0v) is 8.35. The summed E-state index contributed by atoms with van der Waals surface area (Å²) in [6.45, 7) is -0.467. The molecule has 0 fully saturated rings. The summed E-state index contributed by atoms with van der Waals surface area (Å²) < 4.78 is 0. The molecule has 80 valence electrons. The molecule has 15 heavy (non-hydrogen) atoms. The quantitative estimate of drug-likeness (QED) is 0.449. The Morgan fingerprint density at radius 2 is 2.33 bits per heavy atom. The molecule has 0 aliphatic rings. The number of nitrogens with zero attached hydrogens (tertiary/aromatic N) is 2. The van der Waals surface area contributed by atoms with Crippen molar-refractivity contribution < 1.29 is 19.9 Å². The lowest BCUT2D eigenvalue weighted by molar-refractivity contribution is -0.136. The van der Waals surface area contributed by atoms with Crippen LogP contribution < -0.4 is 4.90 Å². The molecule has 7 heteroatoms. The molecule has 0 aliphatic carbocycles. The van der Waals surface area contributed by atoms with E-state index in [0.717, 1.165) is 4.90 Å². The summed E-state index contributed by atoms with van der Waals surface area (Å²) in [5.41, 5.74) is 0. The van der Waals surface area contributed by atoms with Crippen molar-refractivity contribution in [2.75, 3.05) is 11.4 Å². The number of anilines is 1. The van der Waals surface area contributed by atoms with Crippen LogP contribution in [0.25, 0.3) is 0 Å². The largest absolute Gasteiger partial charge is 0.480 e. The topological polar surface area (TPSA) is 90.2 Å². The van der Waals surface area contributed by atoms with E-state index in [1.165, 1.54) is 11.3 Å². The predicted octanol–water partition coefficient (Wildman–Crippen LogP) is 0.626. The van der Waals surface area contributed by atoms with Gasteiger partial charge >= 0.3 is 5.97 Å². The molecule has 0 spiro atoms. The third-order valence-electron chi connectivity index (χ3n) is 1.50. The second-order valence-electron chi connectivity index (χ2n) is 2.51. The van der Waals surface area contributed by atoms with E-state index in [9.17, 15) is 9.59 Å². The molecule has 1 aromatic rings. The molecule has 6 nitrogen and oxygen atoms in total. The summed E-state index contributed by atoms with van der Waals surface area (Å²) in [6, 6.07) is 3.30. The summed E-state index contributed by atoms with van der Waals surface area (Å²) in [6.07, 6.45) is 0.655. The van der Waals surface area contributed by atoms with Gasteiger partial charge in [0.05, 0.1) is 5.00 Å². The van der Waals surface area contributed by atoms with Crippen molar-refractivity contribution in [3.05, 3.63) is 17.5 Å². The summed E-state index contributed by atoms with van der Waals surface area (Å²) in [5, 5.41) is 21.6. The number of oxime groups is 1. The van der Waals surface area contributed by atoms with Gasteiger partial charge in [-0.05, 0) is 17.5 Å². The first-order valence-corrected chi connectivity index (χ1v) is 4.77. The molecule has 0 saturated carbocycles. The molecule has 1 rings (SSSR count). The molecule has 0 radical (unpaired) electrons. The first kappa shape index (κ1) is 11.2. The second kappa shape index (κ2) is 5.11. The molecule has 1 amide bonds. The van der Waals surface area contributed by atoms with Crippen molar-refractivity contribution in [1.82, 2.24) is 0 Å². The Morgan fingerprint density at radius 3 is 2.80 bits per heavy atom. The Bertz CT molecular complexity index is 374. The van der Waals surface area contributed by atoms with E-state index in [1.807, 2.05) is 0 Å². The van der Waals surface area contributed by atoms with Gasteiger partial charge in [-0.3, -0.25) is 14.5 Å². The fourth-order valence-corrected chi connectivity index (χ4v) is 1.68. The van der Waals surface area contributed by atoms with Crippen LogP contribution in [0.3, 0.4) is 0 Å². The summed E-state index contributed by atoms with van der Waals surface area (Å²) in [5.74, 6) is -1.81. The number of hydrogen-bond donors (Lipinski definition) is 2. The van der Waals surface area contributed by atoms with Crippen LogP contribution in [0.1, 0.15) is 0 Å². The number of rotatable bonds is 4. The molecule has 0 unspecified atom stereocenters. The molecule has 0 aromatic carbocycles. The van der Waals surface area contributed by atoms with Gasteiger partial charge in [0.1, 0.15) is 12.8 Å². The van der Waals surface area contributed by atoms with Crippen LogP contribution in [0.2, 0.25) is 0 Å². The van der Waals surface area contributed by atoms with Gasteiger partial charge in [0.15, 0.2) is 0 Å². The minimum absolute atomic E-state index is 0.467. The van der Waals surface area contributed by atoms with Gasteiger partial charge in [0.25, 0.3) is 5.91 Å². The Labute approximate surface area is 89.1 Å². The van der Waals surface area contributed by atoms with E-state index in [2.05, 4.69) is 5.16 Å². The molecule has 0 saturated heterocycles. The molecule has 0 atom stereocenters. The Morgan fingerprint density at radius 1 is 1.60 bits per heavy atom. The van der Waals surface area contributed by atoms with Crippen LogP contribution in [-0.4, -0.2) is 34.9 Å². The molecule has 2 N–H and O–H groups in total. The summed E-state index contributed by atoms with van der Waals surface area (Å²) in [7, 11) is 0. The Hall–Kier alpha value is -1.89. The van der Waals surface area contributed by atoms with Crippen LogP contribution >= 0.6 is 11.3 Å².